The zero-order chi connectivity index (χ0) is 20.1. The molecule has 0 spiro atoms. The van der Waals surface area contributed by atoms with Crippen LogP contribution in [0.25, 0.3) is 10.9 Å². The molecule has 146 valence electrons. The maximum Gasteiger partial charge on any atom is 0.268 e. The summed E-state index contributed by atoms with van der Waals surface area (Å²) < 4.78 is 5.13. The summed E-state index contributed by atoms with van der Waals surface area (Å²) in [7, 11) is 1.61. The van der Waals surface area contributed by atoms with Crippen LogP contribution in [0.3, 0.4) is 0 Å². The lowest BCUT2D eigenvalue weighted by Crippen LogP contribution is -2.49. The maximum atomic E-state index is 12.7. The smallest absolute Gasteiger partial charge is 0.268 e. The van der Waals surface area contributed by atoms with Crippen LogP contribution in [0.15, 0.2) is 54.6 Å². The predicted molar refractivity (Wildman–Crippen MR) is 109 cm³/mol. The molecule has 6 heteroatoms. The molecule has 0 aliphatic rings. The van der Waals surface area contributed by atoms with Gasteiger partial charge in [-0.25, -0.2) is 0 Å². The van der Waals surface area contributed by atoms with E-state index in [1.165, 1.54) is 0 Å². The molecule has 0 radical (unpaired) electrons. The number of H-pyrrole nitrogens is 1. The van der Waals surface area contributed by atoms with Crippen LogP contribution in [-0.2, 0) is 11.3 Å². The summed E-state index contributed by atoms with van der Waals surface area (Å²) in [6.45, 7) is 4.19. The summed E-state index contributed by atoms with van der Waals surface area (Å²) in [4.78, 5) is 28.4. The molecule has 3 rings (SSSR count). The second-order valence-corrected chi connectivity index (χ2v) is 7.03. The van der Waals surface area contributed by atoms with Gasteiger partial charge >= 0.3 is 0 Å². The van der Waals surface area contributed by atoms with Gasteiger partial charge in [-0.3, -0.25) is 9.59 Å². The quantitative estimate of drug-likeness (QED) is 0.589. The van der Waals surface area contributed by atoms with E-state index in [1.54, 1.807) is 13.2 Å². The molecule has 28 heavy (non-hydrogen) atoms. The second kappa shape index (κ2) is 8.61. The van der Waals surface area contributed by atoms with Crippen molar-refractivity contribution in [1.29, 1.82) is 0 Å². The number of benzene rings is 2. The largest absolute Gasteiger partial charge is 0.497 e. The highest BCUT2D eigenvalue weighted by atomic mass is 16.5. The molecule has 1 heterocycles. The number of methoxy groups -OCH3 is 1. The number of ether oxygens (including phenoxy) is 1. The standard InChI is InChI=1S/C22H25N3O3/c1-14(2)20(22(27)23-13-15-8-10-17(28-3)11-9-15)25-21(26)19-12-16-6-4-5-7-18(16)24-19/h4-12,14,20,24H,13H2,1-3H3,(H,23,27)(H,25,26)/t20-/m1/s1. The van der Waals surface area contributed by atoms with E-state index < -0.39 is 6.04 Å². The maximum absolute atomic E-state index is 12.7. The topological polar surface area (TPSA) is 83.2 Å². The number of hydrogen-bond donors (Lipinski definition) is 3. The van der Waals surface area contributed by atoms with Gasteiger partial charge in [-0.2, -0.15) is 0 Å². The SMILES string of the molecule is COc1ccc(CNC(=O)[C@H](NC(=O)c2cc3ccccc3[nH]2)C(C)C)cc1. The van der Waals surface area contributed by atoms with Crippen LogP contribution >= 0.6 is 0 Å². The van der Waals surface area contributed by atoms with Gasteiger partial charge in [0.2, 0.25) is 5.91 Å². The molecule has 2 aromatic carbocycles. The van der Waals surface area contributed by atoms with Gasteiger partial charge in [0.15, 0.2) is 0 Å². The fourth-order valence-corrected chi connectivity index (χ4v) is 2.99. The Kier molecular flexibility index (Phi) is 5.99. The minimum Gasteiger partial charge on any atom is -0.497 e. The van der Waals surface area contributed by atoms with Crippen molar-refractivity contribution in [2.75, 3.05) is 7.11 Å². The van der Waals surface area contributed by atoms with Crippen LogP contribution in [-0.4, -0.2) is 29.9 Å². The summed E-state index contributed by atoms with van der Waals surface area (Å²) in [5.41, 5.74) is 2.28. The lowest BCUT2D eigenvalue weighted by atomic mass is 10.0. The average Bonchev–Trinajstić information content (AvgIpc) is 3.14. The third-order valence-electron chi connectivity index (χ3n) is 4.64. The number of carbonyl (C=O) groups excluding carboxylic acids is 2. The Morgan fingerprint density at radius 1 is 1.07 bits per heavy atom. The Morgan fingerprint density at radius 3 is 2.43 bits per heavy atom. The number of rotatable bonds is 7. The minimum absolute atomic E-state index is 0.0517. The highest BCUT2D eigenvalue weighted by molar-refractivity contribution is 6.00. The summed E-state index contributed by atoms with van der Waals surface area (Å²) in [6, 6.07) is 16.3. The van der Waals surface area contributed by atoms with Gasteiger partial charge < -0.3 is 20.4 Å². The van der Waals surface area contributed by atoms with Gasteiger partial charge in [-0.1, -0.05) is 44.2 Å². The fourth-order valence-electron chi connectivity index (χ4n) is 2.99. The normalized spacial score (nSPS) is 12.0. The molecular formula is C22H25N3O3. The predicted octanol–water partition coefficient (Wildman–Crippen LogP) is 3.25. The number of para-hydroxylation sites is 1. The lowest BCUT2D eigenvalue weighted by molar-refractivity contribution is -0.124. The van der Waals surface area contributed by atoms with Gasteiger partial charge in [0.1, 0.15) is 17.5 Å². The minimum atomic E-state index is -0.628. The Morgan fingerprint density at radius 2 is 1.79 bits per heavy atom. The van der Waals surface area contributed by atoms with Crippen LogP contribution in [0.4, 0.5) is 0 Å². The number of aromatic amines is 1. The molecule has 0 bridgehead atoms. The molecular weight excluding hydrogens is 354 g/mol. The van der Waals surface area contributed by atoms with Crippen molar-refractivity contribution in [3.05, 3.63) is 65.9 Å². The first-order chi connectivity index (χ1) is 13.5. The van der Waals surface area contributed by atoms with Gasteiger partial charge in [0.05, 0.1) is 7.11 Å². The Balaban J connectivity index is 1.64. The van der Waals surface area contributed by atoms with E-state index in [9.17, 15) is 9.59 Å². The summed E-state index contributed by atoms with van der Waals surface area (Å²) in [5, 5.41) is 6.70. The zero-order valence-electron chi connectivity index (χ0n) is 16.3. The first-order valence-corrected chi connectivity index (χ1v) is 9.27. The van der Waals surface area contributed by atoms with Crippen molar-refractivity contribution in [3.63, 3.8) is 0 Å². The van der Waals surface area contributed by atoms with Crippen LogP contribution in [0.1, 0.15) is 29.9 Å². The van der Waals surface area contributed by atoms with Gasteiger partial charge in [0.25, 0.3) is 5.91 Å². The van der Waals surface area contributed by atoms with Crippen molar-refractivity contribution < 1.29 is 14.3 Å². The number of carbonyl (C=O) groups is 2. The molecule has 3 N–H and O–H groups in total. The fraction of sp³-hybridized carbons (Fsp3) is 0.273. The molecule has 0 unspecified atom stereocenters. The molecule has 6 nitrogen and oxygen atoms in total. The summed E-state index contributed by atoms with van der Waals surface area (Å²) >= 11 is 0. The summed E-state index contributed by atoms with van der Waals surface area (Å²) in [5.74, 6) is 0.203. The number of aromatic nitrogens is 1. The van der Waals surface area contributed by atoms with Crippen molar-refractivity contribution in [3.8, 4) is 5.75 Å². The van der Waals surface area contributed by atoms with E-state index in [-0.39, 0.29) is 17.7 Å². The van der Waals surface area contributed by atoms with Crippen LogP contribution in [0, 0.1) is 5.92 Å². The Bertz CT molecular complexity index is 928. The number of nitrogens with one attached hydrogen (secondary N) is 3. The van der Waals surface area contributed by atoms with Gasteiger partial charge in [-0.15, -0.1) is 0 Å². The first kappa shape index (κ1) is 19.5. The van der Waals surface area contributed by atoms with E-state index in [2.05, 4.69) is 15.6 Å². The van der Waals surface area contributed by atoms with E-state index in [0.29, 0.717) is 12.2 Å². The van der Waals surface area contributed by atoms with Crippen LogP contribution < -0.4 is 15.4 Å². The third-order valence-corrected chi connectivity index (χ3v) is 4.64. The van der Waals surface area contributed by atoms with Crippen LogP contribution in [0.5, 0.6) is 5.75 Å². The number of amides is 2. The third kappa shape index (κ3) is 4.52. The molecule has 0 saturated heterocycles. The summed E-state index contributed by atoms with van der Waals surface area (Å²) in [6.07, 6.45) is 0. The Hall–Kier alpha value is -3.28. The van der Waals surface area contributed by atoms with Gasteiger partial charge in [-0.05, 0) is 35.7 Å². The molecule has 2 amide bonds. The molecule has 1 atom stereocenters. The van der Waals surface area contributed by atoms with E-state index in [4.69, 9.17) is 4.74 Å². The number of hydrogen-bond acceptors (Lipinski definition) is 3. The van der Waals surface area contributed by atoms with Crippen LogP contribution in [0.2, 0.25) is 0 Å². The Labute approximate surface area is 164 Å². The molecule has 1 aromatic heterocycles. The highest BCUT2D eigenvalue weighted by Crippen LogP contribution is 2.15. The van der Waals surface area contributed by atoms with Crippen molar-refractivity contribution >= 4 is 22.7 Å². The van der Waals surface area contributed by atoms with Crippen molar-refractivity contribution in [2.45, 2.75) is 26.4 Å². The van der Waals surface area contributed by atoms with E-state index >= 15 is 0 Å². The van der Waals surface area contributed by atoms with Gasteiger partial charge in [0, 0.05) is 17.4 Å². The monoisotopic (exact) mass is 379 g/mol. The first-order valence-electron chi connectivity index (χ1n) is 9.27. The lowest BCUT2D eigenvalue weighted by Gasteiger charge is -2.21. The number of fused-ring (bicyclic) bond motifs is 1. The highest BCUT2D eigenvalue weighted by Gasteiger charge is 2.25. The zero-order valence-corrected chi connectivity index (χ0v) is 16.3. The molecule has 0 saturated carbocycles. The van der Waals surface area contributed by atoms with Crippen molar-refractivity contribution in [1.82, 2.24) is 15.6 Å². The van der Waals surface area contributed by atoms with E-state index in [1.807, 2.05) is 62.4 Å². The molecule has 3 aromatic rings. The molecule has 0 aliphatic carbocycles. The second-order valence-electron chi connectivity index (χ2n) is 7.03. The van der Waals surface area contributed by atoms with Crippen molar-refractivity contribution in [2.24, 2.45) is 5.92 Å². The molecule has 0 aliphatic heterocycles. The van der Waals surface area contributed by atoms with E-state index in [0.717, 1.165) is 22.2 Å². The average molecular weight is 379 g/mol. The molecule has 0 fully saturated rings.